The van der Waals surface area contributed by atoms with Gasteiger partial charge in [-0.25, -0.2) is 9.97 Å². The summed E-state index contributed by atoms with van der Waals surface area (Å²) in [5.41, 5.74) is 1.59. The molecule has 1 aromatic carbocycles. The Kier molecular flexibility index (Phi) is 7.69. The minimum absolute atomic E-state index is 0.156. The minimum Gasteiger partial charge on any atom is -0.497 e. The van der Waals surface area contributed by atoms with E-state index < -0.39 is 0 Å². The van der Waals surface area contributed by atoms with Crippen molar-refractivity contribution in [3.63, 3.8) is 0 Å². The summed E-state index contributed by atoms with van der Waals surface area (Å²) >= 11 is 0. The molecule has 0 bridgehead atoms. The second-order valence-electron chi connectivity index (χ2n) is 5.78. The second-order valence-corrected chi connectivity index (χ2v) is 5.78. The summed E-state index contributed by atoms with van der Waals surface area (Å²) in [5, 5.41) is 6.12. The van der Waals surface area contributed by atoms with Gasteiger partial charge in [-0.1, -0.05) is 31.9 Å². The monoisotopic (exact) mass is 342 g/mol. The molecular formula is C19H26N4O2. The van der Waals surface area contributed by atoms with E-state index in [1.165, 1.54) is 11.9 Å². The van der Waals surface area contributed by atoms with Crippen molar-refractivity contribution in [3.8, 4) is 5.75 Å². The first-order valence-corrected chi connectivity index (χ1v) is 8.70. The zero-order chi connectivity index (χ0) is 17.9. The van der Waals surface area contributed by atoms with Crippen LogP contribution < -0.4 is 15.4 Å². The Morgan fingerprint density at radius 2 is 1.92 bits per heavy atom. The molecule has 0 unspecified atom stereocenters. The highest BCUT2D eigenvalue weighted by Gasteiger charge is 2.08. The van der Waals surface area contributed by atoms with E-state index in [2.05, 4.69) is 27.5 Å². The van der Waals surface area contributed by atoms with Gasteiger partial charge in [0.25, 0.3) is 5.91 Å². The van der Waals surface area contributed by atoms with Gasteiger partial charge in [0.1, 0.15) is 23.6 Å². The third kappa shape index (κ3) is 6.41. The number of amides is 1. The zero-order valence-electron chi connectivity index (χ0n) is 14.9. The summed E-state index contributed by atoms with van der Waals surface area (Å²) < 4.78 is 5.15. The van der Waals surface area contributed by atoms with Crippen LogP contribution in [-0.4, -0.2) is 36.1 Å². The van der Waals surface area contributed by atoms with Gasteiger partial charge in [-0.2, -0.15) is 0 Å². The Morgan fingerprint density at radius 1 is 1.12 bits per heavy atom. The Balaban J connectivity index is 1.80. The number of ether oxygens (including phenoxy) is 1. The molecule has 0 saturated heterocycles. The number of nitrogens with one attached hydrogen (secondary N) is 2. The number of carbonyl (C=O) groups excluding carboxylic acids is 1. The maximum Gasteiger partial charge on any atom is 0.270 e. The normalized spacial score (nSPS) is 10.3. The molecular weight excluding hydrogens is 316 g/mol. The number of carbonyl (C=O) groups is 1. The van der Waals surface area contributed by atoms with Crippen molar-refractivity contribution in [1.82, 2.24) is 15.3 Å². The fourth-order valence-corrected chi connectivity index (χ4v) is 2.37. The smallest absolute Gasteiger partial charge is 0.270 e. The van der Waals surface area contributed by atoms with E-state index in [0.717, 1.165) is 38.0 Å². The number of aromatic nitrogens is 2. The van der Waals surface area contributed by atoms with Gasteiger partial charge in [-0.3, -0.25) is 4.79 Å². The van der Waals surface area contributed by atoms with Crippen LogP contribution in [0.15, 0.2) is 36.7 Å². The molecule has 1 amide bonds. The van der Waals surface area contributed by atoms with E-state index in [4.69, 9.17) is 4.74 Å². The molecule has 1 aromatic heterocycles. The van der Waals surface area contributed by atoms with Crippen molar-refractivity contribution < 1.29 is 9.53 Å². The van der Waals surface area contributed by atoms with Crippen LogP contribution >= 0.6 is 0 Å². The summed E-state index contributed by atoms with van der Waals surface area (Å²) in [7, 11) is 1.66. The number of nitrogens with zero attached hydrogens (tertiary/aromatic N) is 2. The second kappa shape index (κ2) is 10.3. The van der Waals surface area contributed by atoms with Crippen LogP contribution in [0, 0.1) is 0 Å². The van der Waals surface area contributed by atoms with Crippen LogP contribution in [0.3, 0.4) is 0 Å². The zero-order valence-corrected chi connectivity index (χ0v) is 14.9. The lowest BCUT2D eigenvalue weighted by atomic mass is 10.1. The molecule has 1 heterocycles. The SMILES string of the molecule is CCCCCNC(=O)c1cc(NCCc2ccc(OC)cc2)ncn1. The third-order valence-corrected chi connectivity index (χ3v) is 3.84. The van der Waals surface area contributed by atoms with Crippen LogP contribution in [0.2, 0.25) is 0 Å². The standard InChI is InChI=1S/C19H26N4O2/c1-3-4-5-11-21-19(24)17-13-18(23-14-22-17)20-12-10-15-6-8-16(25-2)9-7-15/h6-9,13-14H,3-5,10-12H2,1-2H3,(H,21,24)(H,20,22,23). The van der Waals surface area contributed by atoms with Gasteiger partial charge in [0.2, 0.25) is 0 Å². The van der Waals surface area contributed by atoms with E-state index in [1.807, 2.05) is 24.3 Å². The molecule has 6 nitrogen and oxygen atoms in total. The fourth-order valence-electron chi connectivity index (χ4n) is 2.37. The largest absolute Gasteiger partial charge is 0.497 e. The third-order valence-electron chi connectivity index (χ3n) is 3.84. The number of hydrogen-bond donors (Lipinski definition) is 2. The van der Waals surface area contributed by atoms with Gasteiger partial charge in [-0.15, -0.1) is 0 Å². The molecule has 0 fully saturated rings. The highest BCUT2D eigenvalue weighted by Crippen LogP contribution is 2.12. The van der Waals surface area contributed by atoms with E-state index in [9.17, 15) is 4.79 Å². The molecule has 6 heteroatoms. The lowest BCUT2D eigenvalue weighted by Crippen LogP contribution is -2.25. The summed E-state index contributed by atoms with van der Waals surface area (Å²) in [6.45, 7) is 3.54. The van der Waals surface area contributed by atoms with Gasteiger partial charge < -0.3 is 15.4 Å². The molecule has 0 aliphatic carbocycles. The van der Waals surface area contributed by atoms with Crippen LogP contribution in [0.25, 0.3) is 0 Å². The number of rotatable bonds is 10. The van der Waals surface area contributed by atoms with Crippen LogP contribution in [0.4, 0.5) is 5.82 Å². The van der Waals surface area contributed by atoms with Gasteiger partial charge in [0, 0.05) is 19.2 Å². The summed E-state index contributed by atoms with van der Waals surface area (Å²) in [5.74, 6) is 1.35. The molecule has 25 heavy (non-hydrogen) atoms. The van der Waals surface area contributed by atoms with Gasteiger partial charge in [0.05, 0.1) is 7.11 Å². The van der Waals surface area contributed by atoms with Crippen molar-refractivity contribution in [2.75, 3.05) is 25.5 Å². The number of unbranched alkanes of at least 4 members (excludes halogenated alkanes) is 2. The molecule has 0 saturated carbocycles. The highest BCUT2D eigenvalue weighted by molar-refractivity contribution is 5.92. The first-order chi connectivity index (χ1) is 12.2. The minimum atomic E-state index is -0.156. The first kappa shape index (κ1) is 18.7. The maximum absolute atomic E-state index is 12.1. The van der Waals surface area contributed by atoms with Gasteiger partial charge >= 0.3 is 0 Å². The summed E-state index contributed by atoms with van der Waals surface area (Å²) in [6.07, 6.45) is 5.50. The first-order valence-electron chi connectivity index (χ1n) is 8.70. The van der Waals surface area contributed by atoms with E-state index in [0.29, 0.717) is 18.1 Å². The summed E-state index contributed by atoms with van der Waals surface area (Å²) in [6, 6.07) is 9.65. The van der Waals surface area contributed by atoms with Crippen molar-refractivity contribution in [2.45, 2.75) is 32.6 Å². The molecule has 0 aliphatic heterocycles. The van der Waals surface area contributed by atoms with Crippen molar-refractivity contribution in [3.05, 3.63) is 47.9 Å². The van der Waals surface area contributed by atoms with E-state index in [-0.39, 0.29) is 5.91 Å². The average molecular weight is 342 g/mol. The van der Waals surface area contributed by atoms with Crippen LogP contribution in [-0.2, 0) is 6.42 Å². The molecule has 2 rings (SSSR count). The van der Waals surface area contributed by atoms with E-state index >= 15 is 0 Å². The average Bonchev–Trinajstić information content (AvgIpc) is 2.66. The molecule has 0 aliphatic rings. The Morgan fingerprint density at radius 3 is 2.64 bits per heavy atom. The van der Waals surface area contributed by atoms with Crippen molar-refractivity contribution in [1.29, 1.82) is 0 Å². The Hall–Kier alpha value is -2.63. The number of methoxy groups -OCH3 is 1. The van der Waals surface area contributed by atoms with Crippen LogP contribution in [0.1, 0.15) is 42.2 Å². The maximum atomic E-state index is 12.1. The Labute approximate surface area is 149 Å². The predicted molar refractivity (Wildman–Crippen MR) is 99.1 cm³/mol. The van der Waals surface area contributed by atoms with Gasteiger partial charge in [0.15, 0.2) is 0 Å². The van der Waals surface area contributed by atoms with Gasteiger partial charge in [-0.05, 0) is 30.5 Å². The molecule has 134 valence electrons. The number of benzene rings is 1. The number of hydrogen-bond acceptors (Lipinski definition) is 5. The molecule has 2 aromatic rings. The molecule has 0 radical (unpaired) electrons. The predicted octanol–water partition coefficient (Wildman–Crippen LogP) is 3.06. The fraction of sp³-hybridized carbons (Fsp3) is 0.421. The lowest BCUT2D eigenvalue weighted by Gasteiger charge is -2.08. The molecule has 2 N–H and O–H groups in total. The lowest BCUT2D eigenvalue weighted by molar-refractivity contribution is 0.0948. The molecule has 0 spiro atoms. The van der Waals surface area contributed by atoms with Crippen molar-refractivity contribution in [2.24, 2.45) is 0 Å². The quantitative estimate of drug-likeness (QED) is 0.649. The Bertz CT molecular complexity index is 659. The van der Waals surface area contributed by atoms with E-state index in [1.54, 1.807) is 13.2 Å². The topological polar surface area (TPSA) is 76.1 Å². The number of anilines is 1. The van der Waals surface area contributed by atoms with Crippen LogP contribution in [0.5, 0.6) is 5.75 Å². The molecule has 0 atom stereocenters. The summed E-state index contributed by atoms with van der Waals surface area (Å²) in [4.78, 5) is 20.3. The van der Waals surface area contributed by atoms with Crippen molar-refractivity contribution >= 4 is 11.7 Å². The highest BCUT2D eigenvalue weighted by atomic mass is 16.5.